The van der Waals surface area contributed by atoms with E-state index in [0.29, 0.717) is 12.1 Å². The molecule has 0 bridgehead atoms. The Labute approximate surface area is 126 Å². The molecule has 4 nitrogen and oxygen atoms in total. The maximum absolute atomic E-state index is 13.5. The monoisotopic (exact) mass is 324 g/mol. The van der Waals surface area contributed by atoms with E-state index >= 15 is 0 Å². The summed E-state index contributed by atoms with van der Waals surface area (Å²) < 4.78 is 39.3. The minimum atomic E-state index is -3.68. The van der Waals surface area contributed by atoms with E-state index in [0.717, 1.165) is 6.07 Å². The van der Waals surface area contributed by atoms with Gasteiger partial charge in [0, 0.05) is 13.6 Å². The minimum Gasteiger partial charge on any atom is -0.330 e. The van der Waals surface area contributed by atoms with E-state index in [1.165, 1.54) is 23.5 Å². The SMILES string of the molecule is Cc1ccc(S(=O)(=O)N(C)CC(C)(C)CN)cc1F.Cl. The summed E-state index contributed by atoms with van der Waals surface area (Å²) in [5.41, 5.74) is 5.69. The first-order chi connectivity index (χ1) is 8.60. The third-order valence-electron chi connectivity index (χ3n) is 3.05. The molecule has 2 N–H and O–H groups in total. The molecule has 0 saturated carbocycles. The summed E-state index contributed by atoms with van der Waals surface area (Å²) in [5, 5.41) is 0. The van der Waals surface area contributed by atoms with Gasteiger partial charge in [-0.15, -0.1) is 12.4 Å². The average molecular weight is 325 g/mol. The van der Waals surface area contributed by atoms with E-state index in [1.807, 2.05) is 13.8 Å². The Bertz CT molecular complexity index is 561. The van der Waals surface area contributed by atoms with E-state index in [1.54, 1.807) is 6.92 Å². The topological polar surface area (TPSA) is 63.4 Å². The second-order valence-electron chi connectivity index (χ2n) is 5.54. The molecule has 0 fully saturated rings. The van der Waals surface area contributed by atoms with Crippen molar-refractivity contribution < 1.29 is 12.8 Å². The zero-order valence-electron chi connectivity index (χ0n) is 12.2. The van der Waals surface area contributed by atoms with Gasteiger partial charge in [0.1, 0.15) is 5.82 Å². The molecule has 0 amide bonds. The number of halogens is 2. The van der Waals surface area contributed by atoms with Crippen LogP contribution in [0.4, 0.5) is 4.39 Å². The average Bonchev–Trinajstić information content (AvgIpc) is 2.32. The number of aryl methyl sites for hydroxylation is 1. The van der Waals surface area contributed by atoms with Crippen molar-refractivity contribution in [3.05, 3.63) is 29.6 Å². The first kappa shape index (κ1) is 19.3. The highest BCUT2D eigenvalue weighted by Gasteiger charge is 2.27. The van der Waals surface area contributed by atoms with Crippen LogP contribution in [0, 0.1) is 18.2 Å². The second kappa shape index (κ2) is 6.85. The Kier molecular flexibility index (Phi) is 6.61. The van der Waals surface area contributed by atoms with Crippen LogP contribution in [-0.2, 0) is 10.0 Å². The summed E-state index contributed by atoms with van der Waals surface area (Å²) >= 11 is 0. The van der Waals surface area contributed by atoms with Gasteiger partial charge in [-0.25, -0.2) is 17.1 Å². The maximum Gasteiger partial charge on any atom is 0.242 e. The van der Waals surface area contributed by atoms with Crippen molar-refractivity contribution in [1.82, 2.24) is 4.31 Å². The lowest BCUT2D eigenvalue weighted by atomic mass is 9.94. The first-order valence-corrected chi connectivity index (χ1v) is 7.47. The van der Waals surface area contributed by atoms with Crippen LogP contribution in [0.3, 0.4) is 0 Å². The molecule has 0 radical (unpaired) electrons. The van der Waals surface area contributed by atoms with Gasteiger partial charge in [-0.2, -0.15) is 0 Å². The molecule has 1 rings (SSSR count). The lowest BCUT2D eigenvalue weighted by Crippen LogP contribution is -2.39. The predicted molar refractivity (Wildman–Crippen MR) is 81.0 cm³/mol. The molecule has 7 heteroatoms. The summed E-state index contributed by atoms with van der Waals surface area (Å²) in [6, 6.07) is 3.93. The van der Waals surface area contributed by atoms with Crippen molar-refractivity contribution in [1.29, 1.82) is 0 Å². The smallest absolute Gasteiger partial charge is 0.242 e. The molecule has 0 unspecified atom stereocenters. The number of nitrogens with two attached hydrogens (primary N) is 1. The Morgan fingerprint density at radius 1 is 1.35 bits per heavy atom. The number of hydrogen-bond donors (Lipinski definition) is 1. The van der Waals surface area contributed by atoms with Gasteiger partial charge in [-0.3, -0.25) is 0 Å². The molecule has 1 aromatic carbocycles. The van der Waals surface area contributed by atoms with Crippen molar-refractivity contribution in [2.24, 2.45) is 11.1 Å². The van der Waals surface area contributed by atoms with Crippen LogP contribution in [0.25, 0.3) is 0 Å². The van der Waals surface area contributed by atoms with Gasteiger partial charge >= 0.3 is 0 Å². The molecule has 0 aromatic heterocycles. The van der Waals surface area contributed by atoms with Crippen LogP contribution in [0.5, 0.6) is 0 Å². The largest absolute Gasteiger partial charge is 0.330 e. The van der Waals surface area contributed by atoms with Gasteiger partial charge in [0.25, 0.3) is 0 Å². The lowest BCUT2D eigenvalue weighted by Gasteiger charge is -2.28. The fraction of sp³-hybridized carbons (Fsp3) is 0.538. The van der Waals surface area contributed by atoms with Gasteiger partial charge in [-0.1, -0.05) is 19.9 Å². The summed E-state index contributed by atoms with van der Waals surface area (Å²) in [6.07, 6.45) is 0. The minimum absolute atomic E-state index is 0. The molecule has 0 saturated heterocycles. The van der Waals surface area contributed by atoms with Crippen molar-refractivity contribution in [3.8, 4) is 0 Å². The second-order valence-corrected chi connectivity index (χ2v) is 7.59. The molecule has 116 valence electrons. The zero-order valence-corrected chi connectivity index (χ0v) is 13.8. The predicted octanol–water partition coefficient (Wildman–Crippen LogP) is 2.16. The van der Waals surface area contributed by atoms with Crippen molar-refractivity contribution in [2.45, 2.75) is 25.7 Å². The van der Waals surface area contributed by atoms with Gasteiger partial charge in [-0.05, 0) is 36.6 Å². The van der Waals surface area contributed by atoms with E-state index in [-0.39, 0.29) is 29.3 Å². The Morgan fingerprint density at radius 2 is 1.90 bits per heavy atom. The third-order valence-corrected chi connectivity index (χ3v) is 4.85. The Hall–Kier alpha value is -0.690. The molecular weight excluding hydrogens is 303 g/mol. The number of rotatable bonds is 5. The highest BCUT2D eigenvalue weighted by atomic mass is 35.5. The zero-order chi connectivity index (χ0) is 14.8. The fourth-order valence-corrected chi connectivity index (χ4v) is 3.04. The maximum atomic E-state index is 13.5. The molecule has 0 aliphatic rings. The molecule has 0 aliphatic heterocycles. The van der Waals surface area contributed by atoms with Crippen LogP contribution < -0.4 is 5.73 Å². The highest BCUT2D eigenvalue weighted by Crippen LogP contribution is 2.22. The van der Waals surface area contributed by atoms with Gasteiger partial charge < -0.3 is 5.73 Å². The summed E-state index contributed by atoms with van der Waals surface area (Å²) in [7, 11) is -2.21. The highest BCUT2D eigenvalue weighted by molar-refractivity contribution is 7.89. The van der Waals surface area contributed by atoms with E-state index < -0.39 is 15.8 Å². The molecule has 0 spiro atoms. The molecular formula is C13H22ClFN2O2S. The van der Waals surface area contributed by atoms with Crippen molar-refractivity contribution in [2.75, 3.05) is 20.1 Å². The number of sulfonamides is 1. The summed E-state index contributed by atoms with van der Waals surface area (Å²) in [4.78, 5) is -0.0362. The van der Waals surface area contributed by atoms with Crippen LogP contribution >= 0.6 is 12.4 Å². The van der Waals surface area contributed by atoms with Gasteiger partial charge in [0.05, 0.1) is 4.90 Å². The van der Waals surface area contributed by atoms with Crippen LogP contribution in [0.15, 0.2) is 23.1 Å². The molecule has 0 atom stereocenters. The Morgan fingerprint density at radius 3 is 2.35 bits per heavy atom. The lowest BCUT2D eigenvalue weighted by molar-refractivity contribution is 0.292. The van der Waals surface area contributed by atoms with E-state index in [4.69, 9.17) is 5.73 Å². The van der Waals surface area contributed by atoms with Crippen LogP contribution in [-0.4, -0.2) is 32.9 Å². The number of benzene rings is 1. The van der Waals surface area contributed by atoms with E-state index in [9.17, 15) is 12.8 Å². The molecule has 0 aliphatic carbocycles. The van der Waals surface area contributed by atoms with E-state index in [2.05, 4.69) is 0 Å². The standard InChI is InChI=1S/C13H21FN2O2S.ClH/c1-10-5-6-11(7-12(10)14)19(17,18)16(4)9-13(2,3)8-15;/h5-7H,8-9,15H2,1-4H3;1H. The first-order valence-electron chi connectivity index (χ1n) is 6.03. The summed E-state index contributed by atoms with van der Waals surface area (Å²) in [5.74, 6) is -0.521. The summed E-state index contributed by atoms with van der Waals surface area (Å²) in [6.45, 7) is 6.01. The van der Waals surface area contributed by atoms with Gasteiger partial charge in [0.15, 0.2) is 0 Å². The number of nitrogens with zero attached hydrogens (tertiary/aromatic N) is 1. The fourth-order valence-electron chi connectivity index (χ4n) is 1.67. The third kappa shape index (κ3) is 4.41. The molecule has 0 heterocycles. The quantitative estimate of drug-likeness (QED) is 0.902. The van der Waals surface area contributed by atoms with Crippen LogP contribution in [0.2, 0.25) is 0 Å². The van der Waals surface area contributed by atoms with Crippen molar-refractivity contribution in [3.63, 3.8) is 0 Å². The van der Waals surface area contributed by atoms with Crippen molar-refractivity contribution >= 4 is 22.4 Å². The molecule has 1 aromatic rings. The Balaban J connectivity index is 0.00000361. The number of hydrogen-bond acceptors (Lipinski definition) is 3. The van der Waals surface area contributed by atoms with Gasteiger partial charge in [0.2, 0.25) is 10.0 Å². The normalized spacial score (nSPS) is 12.3. The van der Waals surface area contributed by atoms with Crippen LogP contribution in [0.1, 0.15) is 19.4 Å². The molecule has 20 heavy (non-hydrogen) atoms.